The molecule has 1 aromatic heterocycles. The second-order valence-electron chi connectivity index (χ2n) is 12.1. The molecule has 1 heterocycles. The number of amides is 2. The van der Waals surface area contributed by atoms with Crippen molar-refractivity contribution >= 4 is 35.2 Å². The minimum Gasteiger partial charge on any atom is -0.480 e. The lowest BCUT2D eigenvalue weighted by Gasteiger charge is -2.31. The van der Waals surface area contributed by atoms with Gasteiger partial charge >= 0.3 is 29.8 Å². The number of esters is 1. The molecule has 2 atom stereocenters. The molecule has 0 aliphatic heterocycles. The maximum absolute atomic E-state index is 13.7. The van der Waals surface area contributed by atoms with Gasteiger partial charge in [-0.15, -0.1) is 0 Å². The highest BCUT2D eigenvalue weighted by Crippen LogP contribution is 2.23. The number of carbonyl (C=O) groups is 4. The van der Waals surface area contributed by atoms with Crippen molar-refractivity contribution in [1.29, 1.82) is 0 Å². The van der Waals surface area contributed by atoms with Crippen molar-refractivity contribution in [2.45, 2.75) is 105 Å². The van der Waals surface area contributed by atoms with E-state index in [9.17, 15) is 29.1 Å². The number of carboxylic acid groups (broad SMARTS) is 1. The largest absolute Gasteiger partial charge is 0.480 e. The molecule has 0 bridgehead atoms. The van der Waals surface area contributed by atoms with Crippen LogP contribution < -0.4 is 5.69 Å². The summed E-state index contributed by atoms with van der Waals surface area (Å²) in [6.45, 7) is 15.3. The van der Waals surface area contributed by atoms with Gasteiger partial charge in [0.25, 0.3) is 0 Å². The zero-order chi connectivity index (χ0) is 30.1. The number of nitrogens with zero attached hydrogens (tertiary/aromatic N) is 3. The molecule has 0 fully saturated rings. The van der Waals surface area contributed by atoms with E-state index in [2.05, 4.69) is 0 Å². The van der Waals surface area contributed by atoms with E-state index in [1.54, 1.807) is 86.6 Å². The monoisotopic (exact) mass is 549 g/mol. The maximum Gasteiger partial charge on any atom is 0.420 e. The van der Waals surface area contributed by atoms with Gasteiger partial charge in [0.15, 0.2) is 6.04 Å². The number of carbonyl (C=O) groups excluding carboxylic acids is 3. The fourth-order valence-corrected chi connectivity index (χ4v) is 3.67. The number of imide groups is 1. The molecule has 12 heteroatoms. The summed E-state index contributed by atoms with van der Waals surface area (Å²) in [4.78, 5) is 65.5. The van der Waals surface area contributed by atoms with Gasteiger partial charge in [-0.2, -0.15) is 4.90 Å². The molecule has 0 aliphatic rings. The fraction of sp³-hybridized carbons (Fsp3) is 0.593. The number of aromatic nitrogens is 2. The molecule has 1 aromatic carbocycles. The Morgan fingerprint density at radius 2 is 1.26 bits per heavy atom. The molecule has 0 aliphatic carbocycles. The van der Waals surface area contributed by atoms with Crippen LogP contribution in [0.2, 0.25) is 0 Å². The van der Waals surface area contributed by atoms with E-state index in [-0.39, 0.29) is 5.52 Å². The molecule has 2 aromatic rings. The highest BCUT2D eigenvalue weighted by atomic mass is 16.6. The van der Waals surface area contributed by atoms with Gasteiger partial charge in [0, 0.05) is 0 Å². The molecule has 0 radical (unpaired) electrons. The Balaban J connectivity index is 2.67. The summed E-state index contributed by atoms with van der Waals surface area (Å²) in [7, 11) is 0. The molecule has 39 heavy (non-hydrogen) atoms. The second kappa shape index (κ2) is 11.1. The van der Waals surface area contributed by atoms with Crippen LogP contribution in [0.4, 0.5) is 9.59 Å². The normalized spacial score (nSPS) is 13.9. The van der Waals surface area contributed by atoms with E-state index in [4.69, 9.17) is 14.2 Å². The molecule has 0 saturated heterocycles. The maximum atomic E-state index is 13.7. The predicted octanol–water partition coefficient (Wildman–Crippen LogP) is 4.33. The molecule has 216 valence electrons. The predicted molar refractivity (Wildman–Crippen MR) is 142 cm³/mol. The number of para-hydroxylation sites is 2. The van der Waals surface area contributed by atoms with Crippen LogP contribution in [0.5, 0.6) is 0 Å². The van der Waals surface area contributed by atoms with Crippen LogP contribution >= 0.6 is 0 Å². The quantitative estimate of drug-likeness (QED) is 0.411. The summed E-state index contributed by atoms with van der Waals surface area (Å²) in [5.74, 6) is -2.23. The van der Waals surface area contributed by atoms with Crippen LogP contribution in [-0.4, -0.2) is 66.1 Å². The number of carboxylic acids is 1. The Labute approximate surface area is 227 Å². The number of ether oxygens (including phenoxy) is 3. The molecular weight excluding hydrogens is 510 g/mol. The van der Waals surface area contributed by atoms with Gasteiger partial charge in [-0.05, 0) is 81.4 Å². The number of hydrogen-bond acceptors (Lipinski definition) is 8. The van der Waals surface area contributed by atoms with Gasteiger partial charge < -0.3 is 19.3 Å². The lowest BCUT2D eigenvalue weighted by molar-refractivity contribution is -0.158. The molecule has 2 rings (SSSR count). The first-order valence-corrected chi connectivity index (χ1v) is 12.5. The lowest BCUT2D eigenvalue weighted by Crippen LogP contribution is -2.54. The Morgan fingerprint density at radius 1 is 0.821 bits per heavy atom. The third kappa shape index (κ3) is 8.08. The van der Waals surface area contributed by atoms with E-state index in [0.29, 0.717) is 10.4 Å². The third-order valence-corrected chi connectivity index (χ3v) is 5.14. The highest BCUT2D eigenvalue weighted by Gasteiger charge is 2.41. The van der Waals surface area contributed by atoms with Crippen LogP contribution in [-0.2, 0) is 30.3 Å². The van der Waals surface area contributed by atoms with Gasteiger partial charge in [-0.1, -0.05) is 12.1 Å². The van der Waals surface area contributed by atoms with Crippen LogP contribution in [0.1, 0.15) is 75.3 Å². The van der Waals surface area contributed by atoms with Crippen molar-refractivity contribution in [2.24, 2.45) is 0 Å². The molecule has 2 amide bonds. The smallest absolute Gasteiger partial charge is 0.420 e. The first-order valence-electron chi connectivity index (χ1n) is 12.5. The zero-order valence-corrected chi connectivity index (χ0v) is 24.2. The summed E-state index contributed by atoms with van der Waals surface area (Å²) < 4.78 is 18.4. The number of aliphatic carboxylic acids is 1. The minimum absolute atomic E-state index is 0.289. The van der Waals surface area contributed by atoms with Crippen LogP contribution in [0.3, 0.4) is 0 Å². The Kier molecular flexibility index (Phi) is 8.94. The van der Waals surface area contributed by atoms with E-state index < -0.39 is 65.2 Å². The number of rotatable bonds is 6. The van der Waals surface area contributed by atoms with Crippen LogP contribution in [0.25, 0.3) is 11.0 Å². The van der Waals surface area contributed by atoms with Crippen molar-refractivity contribution in [3.05, 3.63) is 34.7 Å². The average molecular weight is 550 g/mol. The summed E-state index contributed by atoms with van der Waals surface area (Å²) in [6, 6.07) is 3.52. The van der Waals surface area contributed by atoms with Crippen molar-refractivity contribution in [3.63, 3.8) is 0 Å². The Bertz CT molecular complexity index is 1270. The summed E-state index contributed by atoms with van der Waals surface area (Å²) in [5.41, 5.74) is -3.02. The minimum atomic E-state index is -1.89. The van der Waals surface area contributed by atoms with Crippen molar-refractivity contribution in [1.82, 2.24) is 14.0 Å². The number of benzene rings is 1. The Morgan fingerprint density at radius 3 is 1.67 bits per heavy atom. The fourth-order valence-electron chi connectivity index (χ4n) is 3.67. The first kappa shape index (κ1) is 31.4. The van der Waals surface area contributed by atoms with Gasteiger partial charge in [0.2, 0.25) is 0 Å². The average Bonchev–Trinajstić information content (AvgIpc) is 3.00. The Hall–Kier alpha value is -3.83. The van der Waals surface area contributed by atoms with Crippen molar-refractivity contribution < 1.29 is 38.5 Å². The van der Waals surface area contributed by atoms with Gasteiger partial charge in [-0.3, -0.25) is 9.13 Å². The standard InChI is InChI=1S/C27H39N3O9/c1-16(21(33)37-25(2,3)4)29-18-14-12-11-13-17(18)28(22(29)34)15-19(20(31)32)30(23(35)38-26(5,6)7)24(36)39-27(8,9)10/h11-14,16,19H,15H2,1-10H3,(H,31,32)/t16-,19?/m1/s1. The molecule has 1 N–H and O–H groups in total. The van der Waals surface area contributed by atoms with E-state index >= 15 is 0 Å². The van der Waals surface area contributed by atoms with Gasteiger partial charge in [0.1, 0.15) is 22.8 Å². The SMILES string of the molecule is C[C@H](C(=O)OC(C)(C)C)n1c(=O)n(CC(C(=O)O)N(C(=O)OC(C)(C)C)C(=O)OC(C)(C)C)c2ccccc21. The molecule has 1 unspecified atom stereocenters. The van der Waals surface area contributed by atoms with Gasteiger partial charge in [-0.25, -0.2) is 24.0 Å². The third-order valence-electron chi connectivity index (χ3n) is 5.14. The zero-order valence-electron chi connectivity index (χ0n) is 24.2. The molecule has 0 saturated carbocycles. The van der Waals surface area contributed by atoms with Gasteiger partial charge in [0.05, 0.1) is 17.6 Å². The van der Waals surface area contributed by atoms with Crippen LogP contribution in [0, 0.1) is 0 Å². The summed E-state index contributed by atoms with van der Waals surface area (Å²) in [5, 5.41) is 10.1. The highest BCUT2D eigenvalue weighted by molar-refractivity contribution is 5.93. The lowest BCUT2D eigenvalue weighted by atomic mass is 10.2. The van der Waals surface area contributed by atoms with Crippen molar-refractivity contribution in [2.75, 3.05) is 0 Å². The number of fused-ring (bicyclic) bond motifs is 1. The number of hydrogen-bond donors (Lipinski definition) is 1. The molecule has 0 spiro atoms. The summed E-state index contributed by atoms with van der Waals surface area (Å²) in [6.07, 6.45) is -2.49. The second-order valence-corrected chi connectivity index (χ2v) is 12.1. The van der Waals surface area contributed by atoms with E-state index in [0.717, 1.165) is 4.57 Å². The van der Waals surface area contributed by atoms with E-state index in [1.165, 1.54) is 11.5 Å². The van der Waals surface area contributed by atoms with Crippen LogP contribution in [0.15, 0.2) is 29.1 Å². The van der Waals surface area contributed by atoms with E-state index in [1.807, 2.05) is 0 Å². The molecular formula is C27H39N3O9. The first-order chi connectivity index (χ1) is 17.6. The number of imidazole rings is 1. The molecule has 12 nitrogen and oxygen atoms in total. The topological polar surface area (TPSA) is 146 Å². The summed E-state index contributed by atoms with van der Waals surface area (Å²) >= 11 is 0. The van der Waals surface area contributed by atoms with Crippen molar-refractivity contribution in [3.8, 4) is 0 Å².